The number of hydrogen-bond acceptors (Lipinski definition) is 7. The minimum atomic E-state index is -3.58. The van der Waals surface area contributed by atoms with Crippen LogP contribution in [0.5, 0.6) is 5.75 Å². The van der Waals surface area contributed by atoms with E-state index in [1.54, 1.807) is 17.7 Å². The molecule has 5 aromatic rings. The average Bonchev–Trinajstić information content (AvgIpc) is 3.48. The van der Waals surface area contributed by atoms with Crippen LogP contribution < -0.4 is 4.74 Å². The van der Waals surface area contributed by atoms with Crippen molar-refractivity contribution in [1.29, 1.82) is 0 Å². The third kappa shape index (κ3) is 4.30. The third-order valence-electron chi connectivity index (χ3n) is 7.31. The van der Waals surface area contributed by atoms with Crippen molar-refractivity contribution in [2.24, 2.45) is 5.92 Å². The number of ether oxygens (including phenoxy) is 2. The highest BCUT2D eigenvalue weighted by molar-refractivity contribution is 6.05. The van der Waals surface area contributed by atoms with Gasteiger partial charge in [0.05, 0.1) is 41.8 Å². The third-order valence-corrected chi connectivity index (χ3v) is 7.31. The quantitative estimate of drug-likeness (QED) is 0.264. The van der Waals surface area contributed by atoms with Crippen molar-refractivity contribution in [3.8, 4) is 16.9 Å². The van der Waals surface area contributed by atoms with Crippen LogP contribution in [0.1, 0.15) is 35.8 Å². The molecule has 0 spiro atoms. The predicted molar refractivity (Wildman–Crippen MR) is 137 cm³/mol. The Bertz CT molecular complexity index is 1650. The lowest BCUT2D eigenvalue weighted by Gasteiger charge is -2.25. The van der Waals surface area contributed by atoms with Crippen molar-refractivity contribution < 1.29 is 27.2 Å². The molecule has 0 saturated carbocycles. The highest BCUT2D eigenvalue weighted by atomic mass is 19.3. The summed E-state index contributed by atoms with van der Waals surface area (Å²) in [6.07, 6.45) is 3.76. The fourth-order valence-corrected chi connectivity index (χ4v) is 5.35. The Morgan fingerprint density at radius 3 is 2.54 bits per heavy atom. The molecule has 11 heteroatoms. The second kappa shape index (κ2) is 9.64. The Labute approximate surface area is 221 Å². The summed E-state index contributed by atoms with van der Waals surface area (Å²) in [5, 5.41) is 4.67. The van der Waals surface area contributed by atoms with Crippen molar-refractivity contribution in [3.63, 3.8) is 0 Å². The van der Waals surface area contributed by atoms with E-state index in [9.17, 15) is 4.39 Å². The molecular weight excluding hydrogens is 511 g/mol. The van der Waals surface area contributed by atoms with E-state index in [1.807, 2.05) is 19.9 Å². The molecule has 39 heavy (non-hydrogen) atoms. The minimum Gasteiger partial charge on any atom is -0.496 e. The van der Waals surface area contributed by atoms with Gasteiger partial charge in [0.25, 0.3) is 0 Å². The lowest BCUT2D eigenvalue weighted by atomic mass is 9.99. The molecule has 6 rings (SSSR count). The highest BCUT2D eigenvalue weighted by Crippen LogP contribution is 2.42. The maximum Gasteiger partial charge on any atom is 0.346 e. The van der Waals surface area contributed by atoms with E-state index in [-0.39, 0.29) is 5.92 Å². The molecule has 1 aromatic carbocycles. The Morgan fingerprint density at radius 2 is 1.87 bits per heavy atom. The molecule has 0 aliphatic carbocycles. The molecule has 0 N–H and O–H groups in total. The first-order valence-electron chi connectivity index (χ1n) is 12.7. The number of rotatable bonds is 6. The number of imidazole rings is 1. The van der Waals surface area contributed by atoms with Crippen LogP contribution in [0, 0.1) is 25.6 Å². The molecule has 4 aromatic heterocycles. The fourth-order valence-electron chi connectivity index (χ4n) is 5.35. The molecule has 8 nitrogen and oxygen atoms in total. The number of aryl methyl sites for hydroxylation is 2. The van der Waals surface area contributed by atoms with E-state index < -0.39 is 23.3 Å². The topological polar surface area (TPSA) is 88.1 Å². The molecular formula is C28H26F3N5O3. The summed E-state index contributed by atoms with van der Waals surface area (Å²) in [6, 6.07) is 5.61. The molecule has 0 radical (unpaired) electrons. The first kappa shape index (κ1) is 25.3. The summed E-state index contributed by atoms with van der Waals surface area (Å²) in [5.74, 6) is -3.47. The lowest BCUT2D eigenvalue weighted by molar-refractivity contribution is 0.0211. The molecule has 0 bridgehead atoms. The van der Waals surface area contributed by atoms with Crippen molar-refractivity contribution >= 4 is 21.9 Å². The van der Waals surface area contributed by atoms with Crippen LogP contribution in [0.25, 0.3) is 33.1 Å². The van der Waals surface area contributed by atoms with Gasteiger partial charge in [-0.1, -0.05) is 5.16 Å². The number of pyridine rings is 2. The second-order valence-electron chi connectivity index (χ2n) is 9.80. The Morgan fingerprint density at radius 1 is 1.08 bits per heavy atom. The zero-order chi connectivity index (χ0) is 27.3. The zero-order valence-electron chi connectivity index (χ0n) is 21.7. The van der Waals surface area contributed by atoms with Gasteiger partial charge in [0.1, 0.15) is 28.5 Å². The fraction of sp³-hybridized carbons (Fsp3) is 0.357. The monoisotopic (exact) mass is 537 g/mol. The molecule has 5 heterocycles. The van der Waals surface area contributed by atoms with Gasteiger partial charge in [0, 0.05) is 30.7 Å². The maximum absolute atomic E-state index is 16.0. The number of methoxy groups -OCH3 is 1. The van der Waals surface area contributed by atoms with Crippen molar-refractivity contribution in [3.05, 3.63) is 65.4 Å². The molecule has 1 aliphatic rings. The van der Waals surface area contributed by atoms with Gasteiger partial charge >= 0.3 is 5.92 Å². The molecule has 0 atom stereocenters. The summed E-state index contributed by atoms with van der Waals surface area (Å²) in [4.78, 5) is 12.6. The minimum absolute atomic E-state index is 0.110. The first-order chi connectivity index (χ1) is 18.8. The number of fused-ring (bicyclic) bond motifs is 3. The van der Waals surface area contributed by atoms with E-state index >= 15 is 8.78 Å². The number of benzene rings is 1. The van der Waals surface area contributed by atoms with Crippen LogP contribution in [-0.2, 0) is 17.2 Å². The molecule has 0 amide bonds. The summed E-state index contributed by atoms with van der Waals surface area (Å²) < 4.78 is 63.7. The molecule has 1 saturated heterocycles. The maximum atomic E-state index is 16.0. The number of nitrogens with zero attached hydrogens (tertiary/aromatic N) is 5. The number of aromatic nitrogens is 5. The largest absolute Gasteiger partial charge is 0.496 e. The van der Waals surface area contributed by atoms with Crippen LogP contribution in [0.2, 0.25) is 0 Å². The molecule has 1 aliphatic heterocycles. The van der Waals surface area contributed by atoms with Gasteiger partial charge in [-0.3, -0.25) is 9.97 Å². The Balaban J connectivity index is 1.60. The summed E-state index contributed by atoms with van der Waals surface area (Å²) in [7, 11) is 1.55. The van der Waals surface area contributed by atoms with Crippen LogP contribution >= 0.6 is 0 Å². The predicted octanol–water partition coefficient (Wildman–Crippen LogP) is 5.97. The van der Waals surface area contributed by atoms with Gasteiger partial charge in [-0.2, -0.15) is 8.78 Å². The zero-order valence-corrected chi connectivity index (χ0v) is 21.7. The normalized spacial score (nSPS) is 14.9. The standard InChI is InChI=1S/C28H26F3N5O3/c1-15-25(16(2)39-35-15)20-10-21-19(11-23(20)37-3)26-22(13-32-21)34-27(36(26)14-17-6-8-38-9-7-17)28(30,31)24-5-4-18(29)12-33-24/h4-5,10-13,17H,6-9,14H2,1-3H3. The van der Waals surface area contributed by atoms with Gasteiger partial charge in [-0.25, -0.2) is 9.37 Å². The van der Waals surface area contributed by atoms with Crippen LogP contribution in [0.4, 0.5) is 13.2 Å². The molecule has 0 unspecified atom stereocenters. The highest BCUT2D eigenvalue weighted by Gasteiger charge is 2.42. The van der Waals surface area contributed by atoms with Crippen molar-refractivity contribution in [2.75, 3.05) is 20.3 Å². The van der Waals surface area contributed by atoms with E-state index in [0.717, 1.165) is 42.3 Å². The number of halogens is 3. The molecule has 1 fully saturated rings. The van der Waals surface area contributed by atoms with E-state index in [4.69, 9.17) is 14.0 Å². The summed E-state index contributed by atoms with van der Waals surface area (Å²) in [5.41, 5.74) is 3.07. The molecule has 202 valence electrons. The van der Waals surface area contributed by atoms with Gasteiger partial charge in [-0.05, 0) is 56.9 Å². The number of alkyl halides is 2. The van der Waals surface area contributed by atoms with E-state index in [1.165, 1.54) is 6.20 Å². The lowest BCUT2D eigenvalue weighted by Crippen LogP contribution is -2.27. The SMILES string of the molecule is COc1cc2c(cc1-c1c(C)noc1C)ncc1nc(C(F)(F)c3ccc(F)cn3)n(CC3CCOCC3)c12. The van der Waals surface area contributed by atoms with Gasteiger partial charge in [0.2, 0.25) is 0 Å². The van der Waals surface area contributed by atoms with Gasteiger partial charge in [0.15, 0.2) is 5.82 Å². The van der Waals surface area contributed by atoms with E-state index in [0.29, 0.717) is 58.9 Å². The van der Waals surface area contributed by atoms with Crippen LogP contribution in [-0.4, -0.2) is 45.0 Å². The van der Waals surface area contributed by atoms with Gasteiger partial charge < -0.3 is 18.6 Å². The van der Waals surface area contributed by atoms with Crippen molar-refractivity contribution in [1.82, 2.24) is 24.7 Å². The Hall–Kier alpha value is -3.99. The summed E-state index contributed by atoms with van der Waals surface area (Å²) in [6.45, 7) is 5.10. The van der Waals surface area contributed by atoms with Crippen LogP contribution in [0.3, 0.4) is 0 Å². The Kier molecular flexibility index (Phi) is 6.25. The summed E-state index contributed by atoms with van der Waals surface area (Å²) >= 11 is 0. The van der Waals surface area contributed by atoms with Crippen LogP contribution in [0.15, 0.2) is 41.2 Å². The number of hydrogen-bond donors (Lipinski definition) is 0. The first-order valence-corrected chi connectivity index (χ1v) is 12.7. The van der Waals surface area contributed by atoms with Gasteiger partial charge in [-0.15, -0.1) is 0 Å². The average molecular weight is 538 g/mol. The smallest absolute Gasteiger partial charge is 0.346 e. The van der Waals surface area contributed by atoms with Crippen molar-refractivity contribution in [2.45, 2.75) is 39.2 Å². The van der Waals surface area contributed by atoms with E-state index in [2.05, 4.69) is 20.1 Å². The second-order valence-corrected chi connectivity index (χ2v) is 9.80.